The van der Waals surface area contributed by atoms with E-state index in [9.17, 15) is 14.4 Å². The number of hydrogen-bond donors (Lipinski definition) is 1. The Morgan fingerprint density at radius 3 is 2.55 bits per heavy atom. The Kier molecular flexibility index (Phi) is 14.7. The van der Waals surface area contributed by atoms with E-state index in [2.05, 4.69) is 5.32 Å². The SMILES string of the molecule is CSCC[C@H](NC(=O)[C@H](CSC(C)=O)Cc1ccccc1C)C(=O)OCCOCCCl. The number of nitrogens with one attached hydrogen (secondary N) is 1. The minimum absolute atomic E-state index is 0.0436. The first-order valence-corrected chi connectivity index (χ1v) is 13.1. The van der Waals surface area contributed by atoms with Gasteiger partial charge in [-0.05, 0) is 42.9 Å². The lowest BCUT2D eigenvalue weighted by atomic mass is 9.96. The summed E-state index contributed by atoms with van der Waals surface area (Å²) in [5.74, 6) is 0.260. The molecule has 2 atom stereocenters. The normalized spacial score (nSPS) is 12.8. The zero-order chi connectivity index (χ0) is 23.1. The number of benzene rings is 1. The van der Waals surface area contributed by atoms with E-state index in [4.69, 9.17) is 21.1 Å². The van der Waals surface area contributed by atoms with Crippen molar-refractivity contribution in [3.63, 3.8) is 0 Å². The van der Waals surface area contributed by atoms with Gasteiger partial charge < -0.3 is 14.8 Å². The van der Waals surface area contributed by atoms with Crippen LogP contribution < -0.4 is 5.32 Å². The van der Waals surface area contributed by atoms with Crippen molar-refractivity contribution in [2.75, 3.05) is 43.5 Å². The van der Waals surface area contributed by atoms with Gasteiger partial charge in [-0.2, -0.15) is 11.8 Å². The Labute approximate surface area is 198 Å². The number of alkyl halides is 1. The Hall–Kier alpha value is -1.22. The van der Waals surface area contributed by atoms with Crippen LogP contribution in [0.2, 0.25) is 0 Å². The second-order valence-electron chi connectivity index (χ2n) is 6.94. The van der Waals surface area contributed by atoms with Crippen LogP contribution in [0.15, 0.2) is 24.3 Å². The first-order chi connectivity index (χ1) is 14.9. The molecule has 0 spiro atoms. The number of ether oxygens (including phenoxy) is 2. The summed E-state index contributed by atoms with van der Waals surface area (Å²) in [5.41, 5.74) is 2.13. The molecule has 0 heterocycles. The maximum Gasteiger partial charge on any atom is 0.328 e. The minimum atomic E-state index is -0.741. The van der Waals surface area contributed by atoms with Gasteiger partial charge >= 0.3 is 5.97 Å². The zero-order valence-electron chi connectivity index (χ0n) is 18.4. The molecule has 0 saturated heterocycles. The van der Waals surface area contributed by atoms with Gasteiger partial charge in [-0.3, -0.25) is 9.59 Å². The third kappa shape index (κ3) is 11.8. The van der Waals surface area contributed by atoms with Crippen molar-refractivity contribution in [1.82, 2.24) is 5.32 Å². The van der Waals surface area contributed by atoms with E-state index in [0.29, 0.717) is 36.8 Å². The van der Waals surface area contributed by atoms with Crippen LogP contribution in [0, 0.1) is 12.8 Å². The summed E-state index contributed by atoms with van der Waals surface area (Å²) >= 11 is 8.25. The third-order valence-electron chi connectivity index (χ3n) is 4.49. The molecule has 1 N–H and O–H groups in total. The second kappa shape index (κ2) is 16.4. The van der Waals surface area contributed by atoms with Gasteiger partial charge in [0.15, 0.2) is 5.12 Å². The summed E-state index contributed by atoms with van der Waals surface area (Å²) in [4.78, 5) is 37.1. The molecule has 0 aromatic heterocycles. The van der Waals surface area contributed by atoms with E-state index in [1.165, 1.54) is 6.92 Å². The number of esters is 1. The van der Waals surface area contributed by atoms with Crippen LogP contribution in [0.1, 0.15) is 24.5 Å². The summed E-state index contributed by atoms with van der Waals surface area (Å²) in [5, 5.41) is 2.81. The standard InChI is InChI=1S/C22H32ClNO5S2/c1-16-6-4-5-7-18(16)14-19(15-31-17(2)25)21(26)24-20(8-13-30-3)22(27)29-12-11-28-10-9-23/h4-7,19-20H,8-15H2,1-3H3,(H,24,26)/t19-,20-/m0/s1. The van der Waals surface area contributed by atoms with Crippen LogP contribution in [0.4, 0.5) is 0 Å². The molecule has 6 nitrogen and oxygen atoms in total. The number of amides is 1. The summed E-state index contributed by atoms with van der Waals surface area (Å²) < 4.78 is 10.5. The highest BCUT2D eigenvalue weighted by Gasteiger charge is 2.27. The van der Waals surface area contributed by atoms with E-state index in [1.807, 2.05) is 37.4 Å². The van der Waals surface area contributed by atoms with Crippen molar-refractivity contribution in [1.29, 1.82) is 0 Å². The van der Waals surface area contributed by atoms with Crippen LogP contribution in [-0.4, -0.2) is 66.5 Å². The average Bonchev–Trinajstić information content (AvgIpc) is 2.74. The molecule has 0 aliphatic heterocycles. The molecule has 1 rings (SSSR count). The molecule has 0 fully saturated rings. The van der Waals surface area contributed by atoms with E-state index >= 15 is 0 Å². The molecule has 1 aromatic carbocycles. The number of rotatable bonds is 15. The predicted molar refractivity (Wildman–Crippen MR) is 129 cm³/mol. The maximum atomic E-state index is 13.1. The summed E-state index contributed by atoms with van der Waals surface area (Å²) in [6.07, 6.45) is 2.90. The third-order valence-corrected chi connectivity index (χ3v) is 6.27. The first kappa shape index (κ1) is 27.8. The highest BCUT2D eigenvalue weighted by Crippen LogP contribution is 2.19. The molecule has 1 aromatic rings. The van der Waals surface area contributed by atoms with Gasteiger partial charge in [0.2, 0.25) is 5.91 Å². The molecule has 0 aliphatic rings. The fourth-order valence-electron chi connectivity index (χ4n) is 2.78. The van der Waals surface area contributed by atoms with Gasteiger partial charge in [0.1, 0.15) is 12.6 Å². The lowest BCUT2D eigenvalue weighted by Crippen LogP contribution is -2.46. The average molecular weight is 490 g/mol. The van der Waals surface area contributed by atoms with E-state index < -0.39 is 17.9 Å². The first-order valence-electron chi connectivity index (χ1n) is 10.2. The number of halogens is 1. The fraction of sp³-hybridized carbons (Fsp3) is 0.591. The molecule has 0 saturated carbocycles. The van der Waals surface area contributed by atoms with Crippen LogP contribution in [0.5, 0.6) is 0 Å². The van der Waals surface area contributed by atoms with Crippen molar-refractivity contribution in [3.05, 3.63) is 35.4 Å². The number of thioether (sulfide) groups is 2. The number of carbonyl (C=O) groups excluding carboxylic acids is 3. The molecule has 0 unspecified atom stereocenters. The second-order valence-corrected chi connectivity index (χ2v) is 9.50. The Balaban J connectivity index is 2.80. The van der Waals surface area contributed by atoms with Gasteiger partial charge in [-0.1, -0.05) is 36.0 Å². The summed E-state index contributed by atoms with van der Waals surface area (Å²) in [7, 11) is 0. The molecule has 0 bridgehead atoms. The van der Waals surface area contributed by atoms with Crippen LogP contribution in [-0.2, 0) is 30.3 Å². The highest BCUT2D eigenvalue weighted by atomic mass is 35.5. The van der Waals surface area contributed by atoms with Gasteiger partial charge in [0.25, 0.3) is 0 Å². The smallest absolute Gasteiger partial charge is 0.328 e. The predicted octanol–water partition coefficient (Wildman–Crippen LogP) is 3.47. The molecular weight excluding hydrogens is 458 g/mol. The van der Waals surface area contributed by atoms with Crippen molar-refractivity contribution in [3.8, 4) is 0 Å². The van der Waals surface area contributed by atoms with E-state index in [0.717, 1.165) is 22.9 Å². The van der Waals surface area contributed by atoms with Gasteiger partial charge in [0, 0.05) is 18.6 Å². The summed E-state index contributed by atoms with van der Waals surface area (Å²) in [6.45, 7) is 4.23. The largest absolute Gasteiger partial charge is 0.462 e. The fourth-order valence-corrected chi connectivity index (χ4v) is 4.07. The monoisotopic (exact) mass is 489 g/mol. The molecule has 0 radical (unpaired) electrons. The lowest BCUT2D eigenvalue weighted by molar-refractivity contribution is -0.149. The molecular formula is C22H32ClNO5S2. The van der Waals surface area contributed by atoms with Crippen molar-refractivity contribution < 1.29 is 23.9 Å². The van der Waals surface area contributed by atoms with Gasteiger partial charge in [0.05, 0.1) is 19.1 Å². The Morgan fingerprint density at radius 2 is 1.90 bits per heavy atom. The zero-order valence-corrected chi connectivity index (χ0v) is 20.7. The molecule has 174 valence electrons. The van der Waals surface area contributed by atoms with Crippen LogP contribution in [0.25, 0.3) is 0 Å². The van der Waals surface area contributed by atoms with Crippen LogP contribution >= 0.6 is 35.1 Å². The number of aryl methyl sites for hydroxylation is 1. The van der Waals surface area contributed by atoms with Crippen molar-refractivity contribution in [2.24, 2.45) is 5.92 Å². The van der Waals surface area contributed by atoms with Crippen molar-refractivity contribution >= 4 is 52.1 Å². The quantitative estimate of drug-likeness (QED) is 0.229. The molecule has 31 heavy (non-hydrogen) atoms. The minimum Gasteiger partial charge on any atom is -0.462 e. The molecule has 1 amide bonds. The maximum absolute atomic E-state index is 13.1. The number of carbonyl (C=O) groups is 3. The van der Waals surface area contributed by atoms with E-state index in [1.54, 1.807) is 11.8 Å². The van der Waals surface area contributed by atoms with Gasteiger partial charge in [-0.25, -0.2) is 4.79 Å². The number of hydrogen-bond acceptors (Lipinski definition) is 7. The Bertz CT molecular complexity index is 704. The molecule has 9 heteroatoms. The molecule has 0 aliphatic carbocycles. The van der Waals surface area contributed by atoms with Gasteiger partial charge in [-0.15, -0.1) is 11.6 Å². The van der Waals surface area contributed by atoms with Crippen LogP contribution in [0.3, 0.4) is 0 Å². The topological polar surface area (TPSA) is 81.7 Å². The summed E-state index contributed by atoms with van der Waals surface area (Å²) in [6, 6.07) is 7.11. The Morgan fingerprint density at radius 1 is 1.16 bits per heavy atom. The highest BCUT2D eigenvalue weighted by molar-refractivity contribution is 8.13. The van der Waals surface area contributed by atoms with E-state index in [-0.39, 0.29) is 24.2 Å². The van der Waals surface area contributed by atoms with Crippen molar-refractivity contribution in [2.45, 2.75) is 32.7 Å². The lowest BCUT2D eigenvalue weighted by Gasteiger charge is -2.22.